The Bertz CT molecular complexity index is 590. The van der Waals surface area contributed by atoms with Crippen LogP contribution in [0.15, 0.2) is 24.3 Å². The van der Waals surface area contributed by atoms with Gasteiger partial charge in [-0.15, -0.1) is 0 Å². The smallest absolute Gasteiger partial charge is 0.263 e. The summed E-state index contributed by atoms with van der Waals surface area (Å²) in [5, 5.41) is 0. The lowest BCUT2D eigenvalue weighted by molar-refractivity contribution is -0.0542. The largest absolute Gasteiger partial charge is 0.523 e. The third-order valence-corrected chi connectivity index (χ3v) is 4.95. The maximum Gasteiger partial charge on any atom is 0.523 e. The van der Waals surface area contributed by atoms with E-state index in [4.69, 9.17) is 0 Å². The van der Waals surface area contributed by atoms with E-state index < -0.39 is 22.2 Å². The van der Waals surface area contributed by atoms with E-state index in [2.05, 4.69) is 16.3 Å². The molecule has 0 aliphatic heterocycles. The number of rotatable bonds is 6. The van der Waals surface area contributed by atoms with E-state index in [1.807, 2.05) is 12.1 Å². The fraction of sp³-hybridized carbons (Fsp3) is 0.600. The quantitative estimate of drug-likeness (QED) is 0.445. The van der Waals surface area contributed by atoms with Gasteiger partial charge in [0, 0.05) is 0 Å². The number of hydrogen-bond donors (Lipinski definition) is 0. The van der Waals surface area contributed by atoms with E-state index in [1.54, 1.807) is 0 Å². The number of aryl methyl sites for hydroxylation is 1. The summed E-state index contributed by atoms with van der Waals surface area (Å²) < 4.78 is 61.8. The molecule has 0 saturated heterocycles. The molecule has 2 rings (SSSR count). The van der Waals surface area contributed by atoms with Crippen LogP contribution >= 0.6 is 0 Å². The minimum Gasteiger partial charge on any atom is -0.263 e. The van der Waals surface area contributed by atoms with Gasteiger partial charge in [-0.05, 0) is 42.7 Å². The molecule has 0 spiro atoms. The van der Waals surface area contributed by atoms with Crippen LogP contribution in [0.3, 0.4) is 0 Å². The molecule has 3 nitrogen and oxygen atoms in total. The first-order valence-electron chi connectivity index (χ1n) is 7.34. The molecular weight excluding hydrogens is 317 g/mol. The third kappa shape index (κ3) is 4.46. The van der Waals surface area contributed by atoms with Crippen molar-refractivity contribution < 1.29 is 25.8 Å². The van der Waals surface area contributed by atoms with Crippen molar-refractivity contribution >= 4 is 10.1 Å². The van der Waals surface area contributed by atoms with E-state index in [1.165, 1.54) is 31.2 Å². The van der Waals surface area contributed by atoms with Crippen molar-refractivity contribution in [1.82, 2.24) is 0 Å². The number of halogens is 3. The van der Waals surface area contributed by atoms with E-state index in [0.717, 1.165) is 5.56 Å². The summed E-state index contributed by atoms with van der Waals surface area (Å²) in [7, 11) is -5.47. The molecule has 0 bridgehead atoms. The van der Waals surface area contributed by atoms with Gasteiger partial charge >= 0.3 is 15.6 Å². The Labute approximate surface area is 128 Å². The highest BCUT2D eigenvalue weighted by Gasteiger charge is 2.47. The Morgan fingerprint density at radius 3 is 2.50 bits per heavy atom. The Balaban J connectivity index is 1.84. The summed E-state index contributed by atoms with van der Waals surface area (Å²) in [5.74, 6) is 0.571. The zero-order valence-corrected chi connectivity index (χ0v) is 12.9. The van der Waals surface area contributed by atoms with Crippen molar-refractivity contribution in [3.63, 3.8) is 0 Å². The summed E-state index contributed by atoms with van der Waals surface area (Å²) in [6.45, 7) is -0.463. The van der Waals surface area contributed by atoms with Gasteiger partial charge < -0.3 is 0 Å². The normalized spacial score (nSPS) is 17.0. The van der Waals surface area contributed by atoms with Crippen LogP contribution in [0.25, 0.3) is 0 Å². The maximum atomic E-state index is 12.1. The lowest BCUT2D eigenvalue weighted by Crippen LogP contribution is -2.26. The van der Waals surface area contributed by atoms with Crippen molar-refractivity contribution in [1.29, 1.82) is 0 Å². The van der Waals surface area contributed by atoms with Crippen LogP contribution in [0, 0.1) is 0 Å². The monoisotopic (exact) mass is 336 g/mol. The van der Waals surface area contributed by atoms with Crippen LogP contribution in [0.2, 0.25) is 0 Å². The van der Waals surface area contributed by atoms with E-state index in [-0.39, 0.29) is 6.42 Å². The number of hydrogen-bond acceptors (Lipinski definition) is 3. The summed E-state index contributed by atoms with van der Waals surface area (Å²) in [6, 6.07) is 7.98. The summed E-state index contributed by atoms with van der Waals surface area (Å²) >= 11 is 0. The first-order valence-corrected chi connectivity index (χ1v) is 8.75. The lowest BCUT2D eigenvalue weighted by Gasteiger charge is -2.11. The van der Waals surface area contributed by atoms with Crippen LogP contribution in [0.5, 0.6) is 0 Å². The molecule has 1 aromatic rings. The lowest BCUT2D eigenvalue weighted by atomic mass is 9.95. The predicted octanol–water partition coefficient (Wildman–Crippen LogP) is 4.14. The van der Waals surface area contributed by atoms with Gasteiger partial charge in [0.25, 0.3) is 0 Å². The fourth-order valence-electron chi connectivity index (χ4n) is 2.77. The molecule has 1 aliphatic rings. The molecule has 1 fully saturated rings. The molecule has 22 heavy (non-hydrogen) atoms. The maximum absolute atomic E-state index is 12.1. The average molecular weight is 336 g/mol. The first kappa shape index (κ1) is 17.3. The van der Waals surface area contributed by atoms with Crippen LogP contribution in [0.4, 0.5) is 13.2 Å². The van der Waals surface area contributed by atoms with Gasteiger partial charge in [-0.2, -0.15) is 21.6 Å². The summed E-state index contributed by atoms with van der Waals surface area (Å²) in [6.07, 6.45) is 5.54. The molecule has 1 aliphatic carbocycles. The van der Waals surface area contributed by atoms with E-state index >= 15 is 0 Å². The predicted molar refractivity (Wildman–Crippen MR) is 76.9 cm³/mol. The molecule has 1 saturated carbocycles. The van der Waals surface area contributed by atoms with Crippen LogP contribution in [-0.4, -0.2) is 20.5 Å². The van der Waals surface area contributed by atoms with Gasteiger partial charge in [0.05, 0.1) is 6.61 Å². The van der Waals surface area contributed by atoms with Gasteiger partial charge in [-0.3, -0.25) is 4.18 Å². The zero-order valence-electron chi connectivity index (χ0n) is 12.1. The minimum atomic E-state index is -5.47. The second-order valence-electron chi connectivity index (χ2n) is 5.55. The van der Waals surface area contributed by atoms with Gasteiger partial charge in [0.1, 0.15) is 0 Å². The second-order valence-corrected chi connectivity index (χ2v) is 7.16. The highest BCUT2D eigenvalue weighted by Crippen LogP contribution is 2.34. The molecule has 0 heterocycles. The molecule has 0 amide bonds. The van der Waals surface area contributed by atoms with Gasteiger partial charge in [-0.1, -0.05) is 37.1 Å². The fourth-order valence-corrected chi connectivity index (χ4v) is 3.24. The first-order chi connectivity index (χ1) is 10.3. The van der Waals surface area contributed by atoms with Gasteiger partial charge in [0.15, 0.2) is 0 Å². The van der Waals surface area contributed by atoms with E-state index in [9.17, 15) is 21.6 Å². The Morgan fingerprint density at radius 2 is 1.86 bits per heavy atom. The topological polar surface area (TPSA) is 43.4 Å². The molecule has 1 aromatic carbocycles. The summed E-state index contributed by atoms with van der Waals surface area (Å²) in [5.41, 5.74) is -3.09. The Kier molecular flexibility index (Phi) is 5.50. The Morgan fingerprint density at radius 1 is 1.18 bits per heavy atom. The van der Waals surface area contributed by atoms with Crippen molar-refractivity contribution in [2.24, 2.45) is 0 Å². The molecule has 0 unspecified atom stereocenters. The van der Waals surface area contributed by atoms with Crippen molar-refractivity contribution in [3.05, 3.63) is 35.4 Å². The average Bonchev–Trinajstić information content (AvgIpc) is 2.97. The van der Waals surface area contributed by atoms with Crippen LogP contribution < -0.4 is 0 Å². The number of alkyl halides is 3. The molecule has 0 aromatic heterocycles. The molecule has 124 valence electrons. The number of benzene rings is 1. The zero-order chi connectivity index (χ0) is 16.2. The van der Waals surface area contributed by atoms with Gasteiger partial charge in [0.2, 0.25) is 0 Å². The molecule has 0 N–H and O–H groups in total. The Hall–Kier alpha value is -1.08. The SMILES string of the molecule is O=S(=O)(OCCCc1cccc(C2CCCC2)c1)C(F)(F)F. The van der Waals surface area contributed by atoms with Crippen LogP contribution in [-0.2, 0) is 20.7 Å². The molecule has 7 heteroatoms. The highest BCUT2D eigenvalue weighted by atomic mass is 32.2. The van der Waals surface area contributed by atoms with Crippen molar-refractivity contribution in [3.8, 4) is 0 Å². The van der Waals surface area contributed by atoms with Gasteiger partial charge in [-0.25, -0.2) is 0 Å². The third-order valence-electron chi connectivity index (χ3n) is 3.91. The van der Waals surface area contributed by atoms with E-state index in [0.29, 0.717) is 12.3 Å². The molecule has 0 atom stereocenters. The van der Waals surface area contributed by atoms with Crippen molar-refractivity contribution in [2.45, 2.75) is 50.0 Å². The standard InChI is InChI=1S/C15H19F3O3S/c16-15(17,18)22(19,20)21-10-4-6-12-5-3-9-14(11-12)13-7-1-2-8-13/h3,5,9,11,13H,1-2,4,6-8,10H2. The highest BCUT2D eigenvalue weighted by molar-refractivity contribution is 7.87. The molecular formula is C15H19F3O3S. The minimum absolute atomic E-state index is 0.226. The van der Waals surface area contributed by atoms with Crippen molar-refractivity contribution in [2.75, 3.05) is 6.61 Å². The summed E-state index contributed by atoms with van der Waals surface area (Å²) in [4.78, 5) is 0. The second kappa shape index (κ2) is 7.00. The van der Waals surface area contributed by atoms with Crippen LogP contribution in [0.1, 0.15) is 49.1 Å². The molecule has 0 radical (unpaired) electrons.